The van der Waals surface area contributed by atoms with E-state index in [4.69, 9.17) is 0 Å². The highest BCUT2D eigenvalue weighted by Gasteiger charge is 2.14. The highest BCUT2D eigenvalue weighted by molar-refractivity contribution is 8.03. The molecule has 0 atom stereocenters. The van der Waals surface area contributed by atoms with Crippen LogP contribution in [0.4, 0.5) is 0 Å². The SMILES string of the molecule is CCCCCCCCCCSc1cc(CCCC)cc(SCCCCCCCCCC)c1SCCCCCCCCCC. The van der Waals surface area contributed by atoms with Crippen LogP contribution in [0, 0.1) is 0 Å². The molecular weight excluding hydrogens is 577 g/mol. The van der Waals surface area contributed by atoms with Gasteiger partial charge in [-0.2, -0.15) is 0 Å². The van der Waals surface area contributed by atoms with Crippen molar-refractivity contribution in [1.29, 1.82) is 0 Å². The molecule has 0 radical (unpaired) electrons. The van der Waals surface area contributed by atoms with Crippen LogP contribution < -0.4 is 0 Å². The zero-order valence-electron chi connectivity index (χ0n) is 29.6. The van der Waals surface area contributed by atoms with Gasteiger partial charge in [-0.15, -0.1) is 35.3 Å². The van der Waals surface area contributed by atoms with Crippen LogP contribution in [0.25, 0.3) is 0 Å². The standard InChI is InChI=1S/C40H74S3/c1-5-9-13-16-19-22-25-28-32-41-38-35-37(31-12-8-4)36-39(42-33-29-26-23-20-17-14-10-6-2)40(38)43-34-30-27-24-21-18-15-11-7-3/h35-36H,5-34H2,1-4H3. The Kier molecular flexibility index (Phi) is 30.9. The maximum Gasteiger partial charge on any atom is 0.0344 e. The van der Waals surface area contributed by atoms with Crippen LogP contribution >= 0.6 is 35.3 Å². The van der Waals surface area contributed by atoms with E-state index in [1.165, 1.54) is 191 Å². The lowest BCUT2D eigenvalue weighted by Gasteiger charge is -2.17. The van der Waals surface area contributed by atoms with Crippen molar-refractivity contribution in [2.45, 2.75) is 216 Å². The van der Waals surface area contributed by atoms with Crippen molar-refractivity contribution in [2.24, 2.45) is 0 Å². The molecule has 252 valence electrons. The summed E-state index contributed by atoms with van der Waals surface area (Å²) in [7, 11) is 0. The molecule has 0 unspecified atom stereocenters. The summed E-state index contributed by atoms with van der Waals surface area (Å²) in [6.45, 7) is 9.29. The quantitative estimate of drug-likeness (QED) is 0.0549. The molecule has 0 saturated heterocycles. The number of rotatable bonds is 33. The van der Waals surface area contributed by atoms with Gasteiger partial charge in [-0.3, -0.25) is 0 Å². The topological polar surface area (TPSA) is 0 Å². The molecule has 1 aromatic rings. The largest absolute Gasteiger partial charge is 0.125 e. The second-order valence-electron chi connectivity index (χ2n) is 13.0. The first-order valence-electron chi connectivity index (χ1n) is 19.3. The van der Waals surface area contributed by atoms with E-state index in [0.29, 0.717) is 0 Å². The number of aryl methyl sites for hydroxylation is 1. The van der Waals surface area contributed by atoms with Gasteiger partial charge in [-0.25, -0.2) is 0 Å². The van der Waals surface area contributed by atoms with Gasteiger partial charge in [0.1, 0.15) is 0 Å². The highest BCUT2D eigenvalue weighted by Crippen LogP contribution is 2.41. The Labute approximate surface area is 284 Å². The van der Waals surface area contributed by atoms with Gasteiger partial charge < -0.3 is 0 Å². The van der Waals surface area contributed by atoms with E-state index in [1.807, 2.05) is 0 Å². The molecule has 0 spiro atoms. The first kappa shape index (κ1) is 41.3. The van der Waals surface area contributed by atoms with Gasteiger partial charge in [0.05, 0.1) is 0 Å². The molecule has 0 heterocycles. The smallest absolute Gasteiger partial charge is 0.0344 e. The van der Waals surface area contributed by atoms with Crippen LogP contribution in [-0.2, 0) is 6.42 Å². The van der Waals surface area contributed by atoms with Crippen LogP contribution in [-0.4, -0.2) is 17.3 Å². The summed E-state index contributed by atoms with van der Waals surface area (Å²) in [5.74, 6) is 3.87. The summed E-state index contributed by atoms with van der Waals surface area (Å²) in [5, 5.41) is 0. The third-order valence-electron chi connectivity index (χ3n) is 8.65. The van der Waals surface area contributed by atoms with Gasteiger partial charge in [-0.05, 0) is 67.1 Å². The minimum absolute atomic E-state index is 1.25. The zero-order valence-corrected chi connectivity index (χ0v) is 32.0. The van der Waals surface area contributed by atoms with E-state index in [9.17, 15) is 0 Å². The average molecular weight is 651 g/mol. The Morgan fingerprint density at radius 2 is 0.651 bits per heavy atom. The first-order chi connectivity index (χ1) is 21.3. The van der Waals surface area contributed by atoms with Gasteiger partial charge in [0, 0.05) is 14.7 Å². The number of thioether (sulfide) groups is 3. The molecule has 0 amide bonds. The van der Waals surface area contributed by atoms with Crippen molar-refractivity contribution >= 4 is 35.3 Å². The number of benzene rings is 1. The van der Waals surface area contributed by atoms with E-state index in [2.05, 4.69) is 75.1 Å². The summed E-state index contributed by atoms with van der Waals surface area (Å²) in [6, 6.07) is 5.20. The monoisotopic (exact) mass is 650 g/mol. The normalized spacial score (nSPS) is 11.5. The van der Waals surface area contributed by atoms with Crippen molar-refractivity contribution < 1.29 is 0 Å². The maximum atomic E-state index is 2.60. The fourth-order valence-corrected chi connectivity index (χ4v) is 9.57. The fraction of sp³-hybridized carbons (Fsp3) is 0.850. The molecule has 1 aromatic carbocycles. The van der Waals surface area contributed by atoms with Crippen LogP contribution in [0.3, 0.4) is 0 Å². The third-order valence-corrected chi connectivity index (χ3v) is 12.4. The zero-order chi connectivity index (χ0) is 31.1. The van der Waals surface area contributed by atoms with Gasteiger partial charge >= 0.3 is 0 Å². The predicted octanol–water partition coefficient (Wildman–Crippen LogP) is 15.7. The lowest BCUT2D eigenvalue weighted by Crippen LogP contribution is -1.95. The van der Waals surface area contributed by atoms with Crippen molar-refractivity contribution in [2.75, 3.05) is 17.3 Å². The molecule has 3 heteroatoms. The van der Waals surface area contributed by atoms with Crippen LogP contribution in [0.15, 0.2) is 26.8 Å². The van der Waals surface area contributed by atoms with E-state index >= 15 is 0 Å². The average Bonchev–Trinajstić information content (AvgIpc) is 3.02. The Bertz CT molecular complexity index is 673. The summed E-state index contributed by atoms with van der Waals surface area (Å²) < 4.78 is 0. The summed E-state index contributed by atoms with van der Waals surface area (Å²) in [4.78, 5) is 4.86. The predicted molar refractivity (Wildman–Crippen MR) is 205 cm³/mol. The third kappa shape index (κ3) is 24.2. The first-order valence-corrected chi connectivity index (χ1v) is 22.3. The molecule has 43 heavy (non-hydrogen) atoms. The number of hydrogen-bond acceptors (Lipinski definition) is 3. The highest BCUT2D eigenvalue weighted by atomic mass is 32.2. The van der Waals surface area contributed by atoms with Gasteiger partial charge in [0.15, 0.2) is 0 Å². The molecule has 0 saturated carbocycles. The molecular formula is C40H74S3. The minimum atomic E-state index is 1.25. The van der Waals surface area contributed by atoms with Crippen LogP contribution in [0.5, 0.6) is 0 Å². The molecule has 0 nitrogen and oxygen atoms in total. The van der Waals surface area contributed by atoms with Crippen molar-refractivity contribution in [1.82, 2.24) is 0 Å². The summed E-state index contributed by atoms with van der Waals surface area (Å²) in [5.41, 5.74) is 1.59. The number of hydrogen-bond donors (Lipinski definition) is 0. The molecule has 0 aliphatic rings. The van der Waals surface area contributed by atoms with Crippen LogP contribution in [0.2, 0.25) is 0 Å². The van der Waals surface area contributed by atoms with E-state index in [0.717, 1.165) is 0 Å². The molecule has 0 aliphatic heterocycles. The Morgan fingerprint density at radius 3 is 1.00 bits per heavy atom. The van der Waals surface area contributed by atoms with E-state index in [1.54, 1.807) is 20.2 Å². The molecule has 0 aromatic heterocycles. The fourth-order valence-electron chi connectivity index (χ4n) is 5.76. The second kappa shape index (κ2) is 32.2. The lowest BCUT2D eigenvalue weighted by molar-refractivity contribution is 0.586. The van der Waals surface area contributed by atoms with Crippen molar-refractivity contribution in [3.05, 3.63) is 17.7 Å². The van der Waals surface area contributed by atoms with Crippen molar-refractivity contribution in [3.8, 4) is 0 Å². The molecule has 1 rings (SSSR count). The Morgan fingerprint density at radius 1 is 0.349 bits per heavy atom. The van der Waals surface area contributed by atoms with Crippen molar-refractivity contribution in [3.63, 3.8) is 0 Å². The Hall–Kier alpha value is 0.270. The van der Waals surface area contributed by atoms with E-state index < -0.39 is 0 Å². The molecule has 0 N–H and O–H groups in total. The van der Waals surface area contributed by atoms with Gasteiger partial charge in [0.2, 0.25) is 0 Å². The second-order valence-corrected chi connectivity index (χ2v) is 16.4. The summed E-state index contributed by atoms with van der Waals surface area (Å²) >= 11 is 6.56. The van der Waals surface area contributed by atoms with Gasteiger partial charge in [-0.1, -0.05) is 169 Å². The molecule has 0 fully saturated rings. The maximum absolute atomic E-state index is 2.60. The van der Waals surface area contributed by atoms with Crippen LogP contribution in [0.1, 0.15) is 200 Å². The summed E-state index contributed by atoms with van der Waals surface area (Å²) in [6.07, 6.45) is 37.8. The number of unbranched alkanes of at least 4 members (excludes halogenated alkanes) is 22. The molecule has 0 bridgehead atoms. The molecule has 0 aliphatic carbocycles. The minimum Gasteiger partial charge on any atom is -0.125 e. The lowest BCUT2D eigenvalue weighted by atomic mass is 10.1. The Balaban J connectivity index is 2.71. The van der Waals surface area contributed by atoms with Gasteiger partial charge in [0.25, 0.3) is 0 Å². The van der Waals surface area contributed by atoms with E-state index in [-0.39, 0.29) is 0 Å².